The molecule has 148 valence electrons. The van der Waals surface area contributed by atoms with Crippen molar-refractivity contribution >= 4 is 11.6 Å². The van der Waals surface area contributed by atoms with Gasteiger partial charge in [0.05, 0.1) is 5.41 Å². The maximum absolute atomic E-state index is 13.1. The molecule has 0 aromatic heterocycles. The summed E-state index contributed by atoms with van der Waals surface area (Å²) in [6.45, 7) is 0. The van der Waals surface area contributed by atoms with E-state index >= 15 is 0 Å². The van der Waals surface area contributed by atoms with E-state index in [1.165, 1.54) is 38.5 Å². The average molecular weight is 377 g/mol. The van der Waals surface area contributed by atoms with E-state index in [0.717, 1.165) is 78.4 Å². The first-order chi connectivity index (χ1) is 13.7. The molecule has 4 bridgehead atoms. The van der Waals surface area contributed by atoms with Gasteiger partial charge in [0.1, 0.15) is 11.6 Å². The highest BCUT2D eigenvalue weighted by Crippen LogP contribution is 2.77. The molecule has 1 spiro atoms. The molecular formula is C26H32O2. The minimum atomic E-state index is -0.589. The second-order valence-electron chi connectivity index (χ2n) is 12.2. The number of allylic oxidation sites excluding steroid dienone is 2. The molecule has 2 unspecified atom stereocenters. The largest absolute Gasteiger partial charge is 0.299 e. The fraction of sp³-hybridized carbons (Fsp3) is 0.846. The first kappa shape index (κ1) is 15.9. The van der Waals surface area contributed by atoms with Gasteiger partial charge in [-0.1, -0.05) is 11.1 Å². The molecule has 0 heterocycles. The summed E-state index contributed by atoms with van der Waals surface area (Å²) < 4.78 is 0. The van der Waals surface area contributed by atoms with Crippen LogP contribution in [0.25, 0.3) is 0 Å². The highest BCUT2D eigenvalue weighted by molar-refractivity contribution is 6.10. The van der Waals surface area contributed by atoms with Gasteiger partial charge in [-0.25, -0.2) is 0 Å². The van der Waals surface area contributed by atoms with Gasteiger partial charge in [0.25, 0.3) is 0 Å². The van der Waals surface area contributed by atoms with Crippen molar-refractivity contribution in [2.24, 2.45) is 64.6 Å². The van der Waals surface area contributed by atoms with Gasteiger partial charge < -0.3 is 0 Å². The van der Waals surface area contributed by atoms with Crippen molar-refractivity contribution in [3.63, 3.8) is 0 Å². The Morgan fingerprint density at radius 1 is 0.607 bits per heavy atom. The van der Waals surface area contributed by atoms with Gasteiger partial charge in [0, 0.05) is 12.8 Å². The molecule has 8 aliphatic rings. The lowest BCUT2D eigenvalue weighted by atomic mass is 9.69. The zero-order valence-corrected chi connectivity index (χ0v) is 16.9. The van der Waals surface area contributed by atoms with Gasteiger partial charge in [-0.2, -0.15) is 0 Å². The summed E-state index contributed by atoms with van der Waals surface area (Å²) in [4.78, 5) is 26.3. The van der Waals surface area contributed by atoms with Crippen LogP contribution in [0, 0.1) is 64.6 Å². The van der Waals surface area contributed by atoms with Gasteiger partial charge in [-0.15, -0.1) is 0 Å². The maximum Gasteiger partial charge on any atom is 0.147 e. The molecule has 0 amide bonds. The van der Waals surface area contributed by atoms with Gasteiger partial charge in [-0.3, -0.25) is 9.59 Å². The number of carbonyl (C=O) groups excluding carboxylic acids is 2. The van der Waals surface area contributed by atoms with Crippen molar-refractivity contribution < 1.29 is 9.59 Å². The van der Waals surface area contributed by atoms with E-state index in [-0.39, 0.29) is 0 Å². The van der Waals surface area contributed by atoms with Crippen molar-refractivity contribution in [2.45, 2.75) is 70.6 Å². The molecule has 0 radical (unpaired) electrons. The van der Waals surface area contributed by atoms with E-state index in [1.807, 2.05) is 0 Å². The standard InChI is InChI=1S/C26H32O2/c27-18-2-1-3-19(28)26(18)10-16(24-20-12-4-5-13(8-12)21(20)24)17(11-26)25-22-14-6-7-15(9-14)23(22)25/h12-15,20-25H,1-11H2/t12-,13+,14-,15+,20+,21-,22+,23-,24?,25?. The zero-order valence-electron chi connectivity index (χ0n) is 16.9. The Hall–Kier alpha value is -0.920. The molecule has 0 aliphatic heterocycles. The van der Waals surface area contributed by atoms with Crippen LogP contribution in [-0.2, 0) is 9.59 Å². The number of hydrogen-bond acceptors (Lipinski definition) is 2. The average Bonchev–Trinajstić information content (AvgIpc) is 3.22. The van der Waals surface area contributed by atoms with Crippen LogP contribution < -0.4 is 0 Å². The normalized spacial score (nSPS) is 56.7. The van der Waals surface area contributed by atoms with Crippen molar-refractivity contribution in [1.29, 1.82) is 0 Å². The van der Waals surface area contributed by atoms with Gasteiger partial charge in [0.15, 0.2) is 0 Å². The van der Waals surface area contributed by atoms with Gasteiger partial charge in [0.2, 0.25) is 0 Å². The Kier molecular flexibility index (Phi) is 2.75. The Balaban J connectivity index is 1.19. The molecule has 8 rings (SSSR count). The molecule has 0 saturated heterocycles. The molecule has 7 fully saturated rings. The summed E-state index contributed by atoms with van der Waals surface area (Å²) in [6, 6.07) is 0. The van der Waals surface area contributed by atoms with Crippen molar-refractivity contribution in [3.05, 3.63) is 11.1 Å². The number of fused-ring (bicyclic) bond motifs is 10. The molecule has 0 aromatic rings. The van der Waals surface area contributed by atoms with E-state index < -0.39 is 5.41 Å². The Labute approximate surface area is 167 Å². The second kappa shape index (κ2) is 4.86. The lowest BCUT2D eigenvalue weighted by Gasteiger charge is -2.31. The van der Waals surface area contributed by atoms with Gasteiger partial charge in [-0.05, 0) is 117 Å². The van der Waals surface area contributed by atoms with Gasteiger partial charge >= 0.3 is 0 Å². The molecule has 2 nitrogen and oxygen atoms in total. The molecule has 0 N–H and O–H groups in total. The summed E-state index contributed by atoms with van der Waals surface area (Å²) in [5.41, 5.74) is 2.82. The van der Waals surface area contributed by atoms with E-state index in [9.17, 15) is 9.59 Å². The van der Waals surface area contributed by atoms with E-state index in [0.29, 0.717) is 24.4 Å². The fourth-order valence-corrected chi connectivity index (χ4v) is 10.6. The van der Waals surface area contributed by atoms with Crippen LogP contribution in [0.4, 0.5) is 0 Å². The number of ketones is 2. The van der Waals surface area contributed by atoms with Crippen LogP contribution in [0.15, 0.2) is 11.1 Å². The molecule has 8 aliphatic carbocycles. The van der Waals surface area contributed by atoms with Crippen LogP contribution >= 0.6 is 0 Å². The highest BCUT2D eigenvalue weighted by Gasteiger charge is 2.71. The Bertz CT molecular complexity index is 750. The summed E-state index contributed by atoms with van der Waals surface area (Å²) >= 11 is 0. The fourth-order valence-electron chi connectivity index (χ4n) is 10.6. The maximum atomic E-state index is 13.1. The minimum Gasteiger partial charge on any atom is -0.299 e. The predicted octanol–water partition coefficient (Wildman–Crippen LogP) is 4.97. The summed E-state index contributed by atoms with van der Waals surface area (Å²) in [6.07, 6.45) is 12.7. The van der Waals surface area contributed by atoms with Crippen LogP contribution in [0.5, 0.6) is 0 Å². The minimum absolute atomic E-state index is 0.318. The topological polar surface area (TPSA) is 34.1 Å². The quantitative estimate of drug-likeness (QED) is 0.504. The van der Waals surface area contributed by atoms with E-state index in [4.69, 9.17) is 0 Å². The van der Waals surface area contributed by atoms with Crippen LogP contribution in [0.3, 0.4) is 0 Å². The zero-order chi connectivity index (χ0) is 18.4. The molecule has 28 heavy (non-hydrogen) atoms. The van der Waals surface area contributed by atoms with Crippen LogP contribution in [0.2, 0.25) is 0 Å². The van der Waals surface area contributed by atoms with E-state index in [2.05, 4.69) is 0 Å². The predicted molar refractivity (Wildman–Crippen MR) is 105 cm³/mol. The summed E-state index contributed by atoms with van der Waals surface area (Å²) in [5, 5.41) is 0. The van der Waals surface area contributed by atoms with Crippen molar-refractivity contribution in [2.75, 3.05) is 0 Å². The summed E-state index contributed by atoms with van der Waals surface area (Å²) in [7, 11) is 0. The SMILES string of the molecule is O=C1CCCC(=O)C12CC(C1[C@@H]3[C@H]4CC[C@H](C4)[C@H]13)=C(C1[C@@H]3[C@H]4CC[C@H](C4)[C@H]13)C2. The number of rotatable bonds is 2. The lowest BCUT2D eigenvalue weighted by Crippen LogP contribution is -2.41. The number of hydrogen-bond donors (Lipinski definition) is 0. The third kappa shape index (κ3) is 1.68. The van der Waals surface area contributed by atoms with Crippen LogP contribution in [0.1, 0.15) is 70.6 Å². The number of carbonyl (C=O) groups is 2. The molecule has 2 heteroatoms. The Morgan fingerprint density at radius 2 is 1.00 bits per heavy atom. The number of Topliss-reactive ketones (excluding diaryl/α,β-unsaturated/α-hetero) is 2. The van der Waals surface area contributed by atoms with Crippen molar-refractivity contribution in [1.82, 2.24) is 0 Å². The van der Waals surface area contributed by atoms with E-state index in [1.54, 1.807) is 11.1 Å². The smallest absolute Gasteiger partial charge is 0.147 e. The lowest BCUT2D eigenvalue weighted by molar-refractivity contribution is -0.143. The Morgan fingerprint density at radius 3 is 1.39 bits per heavy atom. The first-order valence-electron chi connectivity index (χ1n) is 12.5. The van der Waals surface area contributed by atoms with Crippen LogP contribution in [-0.4, -0.2) is 11.6 Å². The summed E-state index contributed by atoms with van der Waals surface area (Å²) in [5.74, 6) is 9.95. The third-order valence-electron chi connectivity index (χ3n) is 11.5. The molecule has 7 saturated carbocycles. The molecular weight excluding hydrogens is 344 g/mol. The van der Waals surface area contributed by atoms with Crippen molar-refractivity contribution in [3.8, 4) is 0 Å². The second-order valence-corrected chi connectivity index (χ2v) is 12.2. The highest BCUT2D eigenvalue weighted by atomic mass is 16.2. The molecule has 10 atom stereocenters. The molecule has 0 aromatic carbocycles. The monoisotopic (exact) mass is 376 g/mol. The third-order valence-corrected chi connectivity index (χ3v) is 11.5. The first-order valence-corrected chi connectivity index (χ1v) is 12.5.